The second-order valence-corrected chi connectivity index (χ2v) is 13.4. The van der Waals surface area contributed by atoms with E-state index in [9.17, 15) is 0 Å². The number of nitrogens with one attached hydrogen (secondary N) is 1. The molecule has 236 valence electrons. The van der Waals surface area contributed by atoms with Gasteiger partial charge in [0.05, 0.1) is 16.9 Å². The molecule has 0 bridgehead atoms. The smallest absolute Gasteiger partial charge is 0.0926 e. The lowest BCUT2D eigenvalue weighted by atomic mass is 9.72. The number of benzene rings is 9. The number of para-hydroxylation sites is 2. The van der Waals surface area contributed by atoms with Gasteiger partial charge >= 0.3 is 0 Å². The Balaban J connectivity index is 1.28. The molecule has 9 aromatic carbocycles. The van der Waals surface area contributed by atoms with Crippen molar-refractivity contribution in [3.8, 4) is 0 Å². The molecule has 0 saturated heterocycles. The molecular formula is C48H34N2. The molecule has 1 aliphatic rings. The van der Waals surface area contributed by atoms with Crippen LogP contribution in [0.5, 0.6) is 0 Å². The second kappa shape index (κ2) is 11.4. The van der Waals surface area contributed by atoms with Crippen LogP contribution in [0.2, 0.25) is 0 Å². The Morgan fingerprint density at radius 1 is 0.420 bits per heavy atom. The summed E-state index contributed by atoms with van der Waals surface area (Å²) in [5.41, 5.74) is 6.69. The predicted molar refractivity (Wildman–Crippen MR) is 213 cm³/mol. The van der Waals surface area contributed by atoms with Crippen LogP contribution in [0.3, 0.4) is 0 Å². The number of anilines is 4. The summed E-state index contributed by atoms with van der Waals surface area (Å²) < 4.78 is 0. The van der Waals surface area contributed by atoms with E-state index in [0.29, 0.717) is 0 Å². The molecule has 1 unspecified atom stereocenters. The third-order valence-corrected chi connectivity index (χ3v) is 10.7. The lowest BCUT2D eigenvalue weighted by molar-refractivity contribution is 0.620. The third kappa shape index (κ3) is 4.35. The molecule has 0 heterocycles. The first-order chi connectivity index (χ1) is 24.8. The van der Waals surface area contributed by atoms with E-state index in [0.717, 1.165) is 17.8 Å². The van der Waals surface area contributed by atoms with Crippen LogP contribution >= 0.6 is 0 Å². The molecule has 0 radical (unpaired) electrons. The van der Waals surface area contributed by atoms with Gasteiger partial charge in [-0.1, -0.05) is 152 Å². The van der Waals surface area contributed by atoms with Gasteiger partial charge in [0.1, 0.15) is 0 Å². The van der Waals surface area contributed by atoms with Gasteiger partial charge < -0.3 is 10.2 Å². The fourth-order valence-electron chi connectivity index (χ4n) is 8.45. The minimum atomic E-state index is -0.484. The first-order valence-corrected chi connectivity index (χ1v) is 17.4. The van der Waals surface area contributed by atoms with Crippen molar-refractivity contribution in [2.24, 2.45) is 0 Å². The van der Waals surface area contributed by atoms with Crippen molar-refractivity contribution >= 4 is 71.9 Å². The molecule has 0 spiro atoms. The van der Waals surface area contributed by atoms with Gasteiger partial charge in [0, 0.05) is 22.1 Å². The van der Waals surface area contributed by atoms with Crippen molar-refractivity contribution in [3.63, 3.8) is 0 Å². The number of fused-ring (bicyclic) bond motifs is 2. The largest absolute Gasteiger partial charge is 0.371 e. The second-order valence-electron chi connectivity index (χ2n) is 13.4. The van der Waals surface area contributed by atoms with Crippen LogP contribution in [0.25, 0.3) is 49.2 Å². The maximum atomic E-state index is 4.12. The fraction of sp³-hybridized carbons (Fsp3) is 0.0417. The lowest BCUT2D eigenvalue weighted by Gasteiger charge is -2.40. The standard InChI is InChI=1S/C48H34N2/c1-3-17-37(18-4-1)49-48(42-23-11-15-33-13-7-9-21-39(33)42)32-31-36-25-28-41-45(30-27-35-26-29-43(48)47(36)46(35)41)50(38-19-5-2-6-20-38)44-24-12-16-34-14-8-10-22-40(34)44/h1-31,49H,32H2. The van der Waals surface area contributed by atoms with Gasteiger partial charge in [-0.2, -0.15) is 0 Å². The zero-order valence-corrected chi connectivity index (χ0v) is 27.6. The van der Waals surface area contributed by atoms with Gasteiger partial charge in [-0.25, -0.2) is 0 Å². The molecule has 0 amide bonds. The summed E-state index contributed by atoms with van der Waals surface area (Å²) in [4.78, 5) is 2.44. The summed E-state index contributed by atoms with van der Waals surface area (Å²) >= 11 is 0. The van der Waals surface area contributed by atoms with E-state index in [1.807, 2.05) is 0 Å². The van der Waals surface area contributed by atoms with Crippen LogP contribution in [-0.2, 0) is 5.54 Å². The molecule has 1 N–H and O–H groups in total. The summed E-state index contributed by atoms with van der Waals surface area (Å²) in [6.45, 7) is 0. The zero-order valence-electron chi connectivity index (χ0n) is 27.6. The number of hydrogen-bond donors (Lipinski definition) is 1. The topological polar surface area (TPSA) is 15.3 Å². The van der Waals surface area contributed by atoms with Crippen molar-refractivity contribution in [3.05, 3.63) is 198 Å². The predicted octanol–water partition coefficient (Wildman–Crippen LogP) is 12.0. The first kappa shape index (κ1) is 28.6. The van der Waals surface area contributed by atoms with Crippen LogP contribution in [0.15, 0.2) is 182 Å². The number of hydrogen-bond acceptors (Lipinski definition) is 2. The van der Waals surface area contributed by atoms with Gasteiger partial charge in [0.2, 0.25) is 0 Å². The zero-order chi connectivity index (χ0) is 33.1. The monoisotopic (exact) mass is 638 g/mol. The van der Waals surface area contributed by atoms with Crippen LogP contribution in [0.4, 0.5) is 22.7 Å². The Hall–Kier alpha value is -6.38. The number of nitrogens with zero attached hydrogens (tertiary/aromatic N) is 1. The van der Waals surface area contributed by atoms with Gasteiger partial charge in [-0.05, 0) is 91.5 Å². The van der Waals surface area contributed by atoms with Gasteiger partial charge in [0.15, 0.2) is 0 Å². The minimum absolute atomic E-state index is 0.484. The Labute approximate surface area is 291 Å². The highest BCUT2D eigenvalue weighted by Crippen LogP contribution is 2.48. The molecule has 0 saturated carbocycles. The normalized spacial score (nSPS) is 15.4. The van der Waals surface area contributed by atoms with Crippen molar-refractivity contribution in [2.45, 2.75) is 12.0 Å². The molecule has 50 heavy (non-hydrogen) atoms. The molecule has 1 atom stereocenters. The third-order valence-electron chi connectivity index (χ3n) is 10.7. The van der Waals surface area contributed by atoms with E-state index in [1.54, 1.807) is 0 Å². The van der Waals surface area contributed by atoms with Crippen LogP contribution in [0, 0.1) is 0 Å². The quantitative estimate of drug-likeness (QED) is 0.195. The molecule has 0 fully saturated rings. The van der Waals surface area contributed by atoms with Crippen molar-refractivity contribution in [1.82, 2.24) is 0 Å². The van der Waals surface area contributed by atoms with E-state index < -0.39 is 5.54 Å². The highest BCUT2D eigenvalue weighted by molar-refractivity contribution is 6.18. The molecular weight excluding hydrogens is 605 g/mol. The van der Waals surface area contributed by atoms with Gasteiger partial charge in [-0.15, -0.1) is 0 Å². The molecule has 0 aromatic heterocycles. The van der Waals surface area contributed by atoms with E-state index in [4.69, 9.17) is 0 Å². The first-order valence-electron chi connectivity index (χ1n) is 17.4. The summed E-state index contributed by atoms with van der Waals surface area (Å²) in [6, 6.07) is 66.4. The Morgan fingerprint density at radius 3 is 1.88 bits per heavy atom. The van der Waals surface area contributed by atoms with E-state index in [1.165, 1.54) is 70.8 Å². The summed E-state index contributed by atoms with van der Waals surface area (Å²) in [7, 11) is 0. The average Bonchev–Trinajstić information content (AvgIpc) is 3.19. The fourth-order valence-corrected chi connectivity index (χ4v) is 8.45. The van der Waals surface area contributed by atoms with Crippen LogP contribution < -0.4 is 15.4 Å². The highest BCUT2D eigenvalue weighted by Gasteiger charge is 2.38. The average molecular weight is 639 g/mol. The van der Waals surface area contributed by atoms with Crippen molar-refractivity contribution in [2.75, 3.05) is 10.2 Å². The van der Waals surface area contributed by atoms with Gasteiger partial charge in [-0.3, -0.25) is 0 Å². The molecule has 9 aromatic rings. The van der Waals surface area contributed by atoms with Crippen molar-refractivity contribution in [1.29, 1.82) is 0 Å². The Kier molecular flexibility index (Phi) is 6.50. The molecule has 2 nitrogen and oxygen atoms in total. The maximum absolute atomic E-state index is 4.12. The van der Waals surface area contributed by atoms with Crippen LogP contribution in [0.1, 0.15) is 17.5 Å². The SMILES string of the molecule is C1=c2ccc3c(N(c4ccccc4)c4cccc5ccccc45)ccc4ccc(c2c43)C(Nc2ccccc2)(c2cccc3ccccc23)C1. The Bertz CT molecular complexity index is 2760. The minimum Gasteiger partial charge on any atom is -0.371 e. The van der Waals surface area contributed by atoms with Gasteiger partial charge in [0.25, 0.3) is 0 Å². The maximum Gasteiger partial charge on any atom is 0.0926 e. The Morgan fingerprint density at radius 2 is 1.06 bits per heavy atom. The summed E-state index contributed by atoms with van der Waals surface area (Å²) in [5, 5.41) is 15.5. The molecule has 0 aliphatic heterocycles. The lowest BCUT2D eigenvalue weighted by Crippen LogP contribution is -2.40. The summed E-state index contributed by atoms with van der Waals surface area (Å²) in [6.07, 6.45) is 3.28. The van der Waals surface area contributed by atoms with Crippen LogP contribution in [-0.4, -0.2) is 0 Å². The molecule has 1 aliphatic carbocycles. The molecule has 10 rings (SSSR count). The number of rotatable bonds is 6. The van der Waals surface area contributed by atoms with Crippen molar-refractivity contribution < 1.29 is 0 Å². The van der Waals surface area contributed by atoms with E-state index in [-0.39, 0.29) is 0 Å². The highest BCUT2D eigenvalue weighted by atomic mass is 15.1. The summed E-state index contributed by atoms with van der Waals surface area (Å²) in [5.74, 6) is 0. The van der Waals surface area contributed by atoms with E-state index in [2.05, 4.69) is 198 Å². The van der Waals surface area contributed by atoms with E-state index >= 15 is 0 Å². The molecule has 2 heteroatoms.